The van der Waals surface area contributed by atoms with E-state index < -0.39 is 118 Å². The van der Waals surface area contributed by atoms with Gasteiger partial charge in [-0.3, -0.25) is 33.2 Å². The molecule has 4 heterocycles. The number of benzene rings is 2. The van der Waals surface area contributed by atoms with Crippen molar-refractivity contribution in [1.82, 2.24) is 44.4 Å². The van der Waals surface area contributed by atoms with Crippen molar-refractivity contribution in [3.05, 3.63) is 104 Å². The van der Waals surface area contributed by atoms with Gasteiger partial charge in [0.25, 0.3) is 24.3 Å². The largest absolute Gasteiger partial charge is 0.480 e. The van der Waals surface area contributed by atoms with E-state index in [0.717, 1.165) is 22.8 Å². The number of amides is 1. The highest BCUT2D eigenvalue weighted by atomic mass is 35.5. The number of methoxy groups -OCH3 is 1. The normalized spacial score (nSPS) is 18.1. The van der Waals surface area contributed by atoms with Crippen LogP contribution in [0.4, 0.5) is 40.9 Å². The van der Waals surface area contributed by atoms with Crippen molar-refractivity contribution < 1.29 is 53.1 Å². The number of anilines is 1. The lowest BCUT2D eigenvalue weighted by Crippen LogP contribution is -2.38. The summed E-state index contributed by atoms with van der Waals surface area (Å²) < 4.78 is 153. The second kappa shape index (κ2) is 15.8. The Labute approximate surface area is 360 Å². The minimum absolute atomic E-state index is 0.0361. The van der Waals surface area contributed by atoms with E-state index >= 15 is 8.78 Å². The average Bonchev–Trinajstić information content (AvgIpc) is 4.14. The van der Waals surface area contributed by atoms with Crippen LogP contribution in [0, 0.1) is 17.6 Å². The van der Waals surface area contributed by atoms with E-state index in [0.29, 0.717) is 28.3 Å². The van der Waals surface area contributed by atoms with E-state index in [1.54, 1.807) is 0 Å². The molecule has 0 bridgehead atoms. The molecule has 2 fully saturated rings. The maximum absolute atomic E-state index is 15.5. The van der Waals surface area contributed by atoms with Gasteiger partial charge in [-0.05, 0) is 55.0 Å². The van der Waals surface area contributed by atoms with Crippen molar-refractivity contribution in [3.8, 4) is 23.0 Å². The summed E-state index contributed by atoms with van der Waals surface area (Å²) in [6.45, 7) is -2.24. The molecule has 4 aromatic heterocycles. The van der Waals surface area contributed by atoms with Crippen molar-refractivity contribution in [1.29, 1.82) is 0 Å². The third-order valence-corrected chi connectivity index (χ3v) is 13.2. The fraction of sp³-hybridized carbons (Fsp3) is 0.359. The number of alkyl halides is 6. The zero-order chi connectivity index (χ0) is 45.6. The van der Waals surface area contributed by atoms with Crippen molar-refractivity contribution in [2.45, 2.75) is 74.8 Å². The van der Waals surface area contributed by atoms with Crippen molar-refractivity contribution >= 4 is 44.3 Å². The second-order valence-corrected chi connectivity index (χ2v) is 17.8. The van der Waals surface area contributed by atoms with Gasteiger partial charge in [0.05, 0.1) is 58.1 Å². The number of hydrogen-bond acceptors (Lipinski definition) is 10. The Morgan fingerprint density at radius 1 is 1.00 bits per heavy atom. The SMILES string of the molecule is COc1cncc(-c2cc(=O)n(-c3ccc(Cl)c4c(NS(=O)(=O)C5CC5)nn(CC(F)F)c34)c([C@H](Cc3cc(F)cc(F)c3)NC(=O)Cn3nc(C(F)F)c4c3C(F)(F)[C@@H]3C[C@H]43)n2)n1. The number of rotatable bonds is 15. The van der Waals surface area contributed by atoms with Gasteiger partial charge in [-0.2, -0.15) is 19.0 Å². The molecule has 64 heavy (non-hydrogen) atoms. The number of carbonyl (C=O) groups excluding carboxylic acids is 1. The topological polar surface area (TPSA) is 181 Å². The lowest BCUT2D eigenvalue weighted by atomic mass is 10.0. The van der Waals surface area contributed by atoms with Crippen LogP contribution in [0.25, 0.3) is 28.0 Å². The molecule has 0 unspecified atom stereocenters. The maximum Gasteiger partial charge on any atom is 0.293 e. The number of carbonyl (C=O) groups is 1. The van der Waals surface area contributed by atoms with E-state index in [2.05, 4.69) is 35.2 Å². The molecule has 2 aromatic carbocycles. The Hall–Kier alpha value is -6.17. The molecular weight excluding hydrogens is 908 g/mol. The second-order valence-electron chi connectivity index (χ2n) is 15.5. The van der Waals surface area contributed by atoms with Gasteiger partial charge in [-0.25, -0.2) is 44.7 Å². The summed E-state index contributed by atoms with van der Waals surface area (Å²) in [6.07, 6.45) is -3.97. The Morgan fingerprint density at radius 2 is 1.73 bits per heavy atom. The quantitative estimate of drug-likeness (QED) is 0.107. The summed E-state index contributed by atoms with van der Waals surface area (Å²) in [7, 11) is -2.81. The van der Waals surface area contributed by atoms with Gasteiger partial charge in [-0.1, -0.05) is 11.6 Å². The molecule has 336 valence electrons. The molecule has 0 radical (unpaired) electrons. The number of halogens is 9. The molecule has 2 saturated carbocycles. The predicted octanol–water partition coefficient (Wildman–Crippen LogP) is 6.59. The van der Waals surface area contributed by atoms with Gasteiger partial charge in [0.1, 0.15) is 47.6 Å². The first-order valence-electron chi connectivity index (χ1n) is 19.4. The monoisotopic (exact) mass is 938 g/mol. The van der Waals surface area contributed by atoms with Crippen LogP contribution in [0.3, 0.4) is 0 Å². The molecule has 2 N–H and O–H groups in total. The Balaban J connectivity index is 1.25. The summed E-state index contributed by atoms with van der Waals surface area (Å²) in [5.41, 5.74) is -4.23. The maximum atomic E-state index is 15.5. The van der Waals surface area contributed by atoms with E-state index in [1.165, 1.54) is 31.6 Å². The van der Waals surface area contributed by atoms with Gasteiger partial charge < -0.3 is 10.1 Å². The fourth-order valence-electron chi connectivity index (χ4n) is 8.18. The smallest absolute Gasteiger partial charge is 0.293 e. The standard InChI is InChI=1S/C39H31ClF8N10O5S/c1-63-29-13-49-12-25(51-29)23-11-30(60)58(26-5-4-22(40)32-34(26)56(14-27(43)44)54-37(32)55-64(61,62)19-2-3-19)38(52-23)24(8-16-6-17(41)9-18(42)7-16)50-28(59)15-57-35-31(33(53-57)36(45)46)20-10-21(20)39(35,47)48/h4-7,9,11-13,19-21,24,27,36H,2-3,8,10,14-15H2,1H3,(H,50,59)(H,54,55)/t20-,21+,24-/m0/s1. The number of sulfonamides is 1. The molecule has 3 aliphatic carbocycles. The number of hydrogen-bond donors (Lipinski definition) is 2. The Kier molecular flexibility index (Phi) is 10.7. The van der Waals surface area contributed by atoms with Gasteiger partial charge in [-0.15, -0.1) is 0 Å². The zero-order valence-electron chi connectivity index (χ0n) is 32.8. The zero-order valence-corrected chi connectivity index (χ0v) is 34.3. The van der Waals surface area contributed by atoms with Gasteiger partial charge >= 0.3 is 0 Å². The van der Waals surface area contributed by atoms with Crippen LogP contribution < -0.4 is 20.3 Å². The van der Waals surface area contributed by atoms with Gasteiger partial charge in [0.2, 0.25) is 21.8 Å². The number of nitrogens with zero attached hydrogens (tertiary/aromatic N) is 8. The van der Waals surface area contributed by atoms with E-state index in [-0.39, 0.29) is 56.4 Å². The average molecular weight is 939 g/mol. The first-order chi connectivity index (χ1) is 30.3. The molecule has 6 aromatic rings. The molecule has 0 aliphatic heterocycles. The van der Waals surface area contributed by atoms with E-state index in [9.17, 15) is 44.3 Å². The first-order valence-corrected chi connectivity index (χ1v) is 21.3. The van der Waals surface area contributed by atoms with Crippen molar-refractivity contribution in [3.63, 3.8) is 0 Å². The van der Waals surface area contributed by atoms with E-state index in [1.807, 2.05) is 0 Å². The Bertz CT molecular complexity index is 3030. The van der Waals surface area contributed by atoms with Crippen LogP contribution >= 0.6 is 11.6 Å². The number of aromatic nitrogens is 8. The van der Waals surface area contributed by atoms with Crippen LogP contribution in [0.2, 0.25) is 5.02 Å². The highest BCUT2D eigenvalue weighted by Crippen LogP contribution is 2.68. The molecule has 0 spiro atoms. The predicted molar refractivity (Wildman–Crippen MR) is 210 cm³/mol. The highest BCUT2D eigenvalue weighted by molar-refractivity contribution is 7.93. The van der Waals surface area contributed by atoms with Gasteiger partial charge in [0.15, 0.2) is 5.82 Å². The fourth-order valence-corrected chi connectivity index (χ4v) is 9.75. The molecule has 1 amide bonds. The lowest BCUT2D eigenvalue weighted by Gasteiger charge is -2.24. The van der Waals surface area contributed by atoms with Crippen LogP contribution in [0.1, 0.15) is 66.0 Å². The van der Waals surface area contributed by atoms with Crippen LogP contribution in [-0.2, 0) is 40.3 Å². The van der Waals surface area contributed by atoms with E-state index in [4.69, 9.17) is 16.3 Å². The third kappa shape index (κ3) is 7.79. The first kappa shape index (κ1) is 43.1. The minimum Gasteiger partial charge on any atom is -0.480 e. The summed E-state index contributed by atoms with van der Waals surface area (Å²) >= 11 is 6.61. The molecule has 15 nitrogen and oxygen atoms in total. The summed E-state index contributed by atoms with van der Waals surface area (Å²) in [5, 5.41) is 9.13. The molecule has 9 rings (SSSR count). The Morgan fingerprint density at radius 3 is 2.41 bits per heavy atom. The lowest BCUT2D eigenvalue weighted by molar-refractivity contribution is -0.123. The summed E-state index contributed by atoms with van der Waals surface area (Å²) in [5.74, 6) is -10.0. The summed E-state index contributed by atoms with van der Waals surface area (Å²) in [4.78, 5) is 41.7. The highest BCUT2D eigenvalue weighted by Gasteiger charge is 2.67. The molecule has 3 atom stereocenters. The summed E-state index contributed by atoms with van der Waals surface area (Å²) in [6, 6.07) is 3.97. The van der Waals surface area contributed by atoms with Crippen LogP contribution in [0.15, 0.2) is 53.6 Å². The number of ether oxygens (including phenoxy) is 1. The van der Waals surface area contributed by atoms with Crippen molar-refractivity contribution in [2.24, 2.45) is 5.92 Å². The van der Waals surface area contributed by atoms with Crippen LogP contribution in [-0.4, -0.2) is 72.2 Å². The molecular formula is C39H31ClF8N10O5S. The van der Waals surface area contributed by atoms with Crippen molar-refractivity contribution in [2.75, 3.05) is 11.8 Å². The number of fused-ring (bicyclic) bond motifs is 4. The molecule has 3 aliphatic rings. The van der Waals surface area contributed by atoms with Crippen LogP contribution in [0.5, 0.6) is 5.88 Å². The molecule has 0 saturated heterocycles. The third-order valence-electron chi connectivity index (χ3n) is 11.1. The molecule has 25 heteroatoms. The van der Waals surface area contributed by atoms with Gasteiger partial charge in [0, 0.05) is 30.0 Å². The minimum atomic E-state index is -4.09. The number of nitrogens with one attached hydrogen (secondary N) is 2.